The van der Waals surface area contributed by atoms with Gasteiger partial charge in [-0.2, -0.15) is 0 Å². The summed E-state index contributed by atoms with van der Waals surface area (Å²) >= 11 is 0. The highest BCUT2D eigenvalue weighted by Gasteiger charge is 2.28. The maximum absolute atomic E-state index is 11.9. The Labute approximate surface area is 106 Å². The number of carboxylic acids is 1. The molecule has 1 fully saturated rings. The smallest absolute Gasteiger partial charge is 0.326 e. The number of rotatable bonds is 7. The summed E-state index contributed by atoms with van der Waals surface area (Å²) in [6.45, 7) is 0.421. The van der Waals surface area contributed by atoms with Crippen molar-refractivity contribution in [3.63, 3.8) is 0 Å². The van der Waals surface area contributed by atoms with Gasteiger partial charge in [0.25, 0.3) is 0 Å². The topological polar surface area (TPSA) is 89.9 Å². The van der Waals surface area contributed by atoms with E-state index in [2.05, 4.69) is 11.2 Å². The highest BCUT2D eigenvalue weighted by atomic mass is 16.4. The standard InChI is InChI=1S/C12H18N2O4/c1-2-6-14(8-9-3-4-9)12(18)13-10(5-7-15)11(16)17/h1,9-10,15H,3-8H2,(H,13,18)(H,16,17)/t10-/m1/s1. The van der Waals surface area contributed by atoms with Gasteiger partial charge < -0.3 is 20.4 Å². The lowest BCUT2D eigenvalue weighted by molar-refractivity contribution is -0.139. The van der Waals surface area contributed by atoms with E-state index in [1.165, 1.54) is 4.90 Å². The minimum absolute atomic E-state index is 0.0194. The number of aliphatic hydroxyl groups excluding tert-OH is 1. The number of hydrogen-bond donors (Lipinski definition) is 3. The Balaban J connectivity index is 2.52. The molecule has 6 nitrogen and oxygen atoms in total. The minimum Gasteiger partial charge on any atom is -0.480 e. The van der Waals surface area contributed by atoms with Crippen LogP contribution in [-0.2, 0) is 4.79 Å². The number of aliphatic hydroxyl groups is 1. The van der Waals surface area contributed by atoms with Gasteiger partial charge in [0.15, 0.2) is 0 Å². The number of amides is 2. The van der Waals surface area contributed by atoms with E-state index in [-0.39, 0.29) is 19.6 Å². The van der Waals surface area contributed by atoms with Crippen molar-refractivity contribution in [3.05, 3.63) is 0 Å². The van der Waals surface area contributed by atoms with Crippen LogP contribution < -0.4 is 5.32 Å². The van der Waals surface area contributed by atoms with Gasteiger partial charge in [0.05, 0.1) is 6.54 Å². The first kappa shape index (κ1) is 14.3. The van der Waals surface area contributed by atoms with E-state index in [1.807, 2.05) is 0 Å². The molecule has 6 heteroatoms. The second-order valence-electron chi connectivity index (χ2n) is 4.38. The van der Waals surface area contributed by atoms with Gasteiger partial charge in [0.1, 0.15) is 6.04 Å². The summed E-state index contributed by atoms with van der Waals surface area (Å²) < 4.78 is 0. The second-order valence-corrected chi connectivity index (χ2v) is 4.38. The summed E-state index contributed by atoms with van der Waals surface area (Å²) in [5.74, 6) is 1.70. The Bertz CT molecular complexity index is 346. The molecule has 1 saturated carbocycles. The highest BCUT2D eigenvalue weighted by Crippen LogP contribution is 2.29. The average Bonchev–Trinajstić information content (AvgIpc) is 3.11. The molecule has 0 spiro atoms. The van der Waals surface area contributed by atoms with Crippen molar-refractivity contribution >= 4 is 12.0 Å². The van der Waals surface area contributed by atoms with Gasteiger partial charge in [-0.1, -0.05) is 5.92 Å². The Morgan fingerprint density at radius 1 is 1.50 bits per heavy atom. The zero-order valence-electron chi connectivity index (χ0n) is 10.1. The fourth-order valence-electron chi connectivity index (χ4n) is 1.57. The summed E-state index contributed by atoms with van der Waals surface area (Å²) in [6, 6.07) is -1.57. The molecular weight excluding hydrogens is 236 g/mol. The van der Waals surface area contributed by atoms with Crippen molar-refractivity contribution in [3.8, 4) is 12.3 Å². The molecule has 0 unspecified atom stereocenters. The number of aliphatic carboxylic acids is 1. The molecule has 0 aromatic rings. The van der Waals surface area contributed by atoms with E-state index in [0.29, 0.717) is 12.5 Å². The van der Waals surface area contributed by atoms with Crippen molar-refractivity contribution < 1.29 is 19.8 Å². The first-order valence-electron chi connectivity index (χ1n) is 5.91. The number of carboxylic acid groups (broad SMARTS) is 1. The van der Waals surface area contributed by atoms with Crippen molar-refractivity contribution in [2.24, 2.45) is 5.92 Å². The van der Waals surface area contributed by atoms with Gasteiger partial charge >= 0.3 is 12.0 Å². The lowest BCUT2D eigenvalue weighted by Gasteiger charge is -2.23. The summed E-state index contributed by atoms with van der Waals surface area (Å²) in [6.07, 6.45) is 7.32. The molecule has 100 valence electrons. The Morgan fingerprint density at radius 3 is 2.61 bits per heavy atom. The fraction of sp³-hybridized carbons (Fsp3) is 0.667. The normalized spacial score (nSPS) is 15.6. The summed E-state index contributed by atoms with van der Waals surface area (Å²) in [5, 5.41) is 20.0. The molecule has 1 atom stereocenters. The maximum Gasteiger partial charge on any atom is 0.326 e. The molecule has 1 aliphatic carbocycles. The van der Waals surface area contributed by atoms with Crippen LogP contribution in [0.2, 0.25) is 0 Å². The third-order valence-electron chi connectivity index (χ3n) is 2.76. The maximum atomic E-state index is 11.9. The molecule has 3 N–H and O–H groups in total. The number of carbonyl (C=O) groups is 2. The molecule has 1 aliphatic rings. The zero-order valence-corrected chi connectivity index (χ0v) is 10.1. The molecule has 0 heterocycles. The number of urea groups is 1. The average molecular weight is 254 g/mol. The Hall–Kier alpha value is -1.74. The van der Waals surface area contributed by atoms with Crippen LogP contribution in [0.25, 0.3) is 0 Å². The fourth-order valence-corrected chi connectivity index (χ4v) is 1.57. The Kier molecular flexibility index (Phi) is 5.46. The number of nitrogens with one attached hydrogen (secondary N) is 1. The van der Waals surface area contributed by atoms with Crippen molar-refractivity contribution in [2.45, 2.75) is 25.3 Å². The van der Waals surface area contributed by atoms with Crippen LogP contribution >= 0.6 is 0 Å². The van der Waals surface area contributed by atoms with Crippen molar-refractivity contribution in [1.82, 2.24) is 10.2 Å². The molecule has 0 aromatic heterocycles. The number of hydrogen-bond acceptors (Lipinski definition) is 3. The predicted octanol–water partition coefficient (Wildman–Crippen LogP) is -0.123. The molecular formula is C12H18N2O4. The molecule has 2 amide bonds. The van der Waals surface area contributed by atoms with Crippen molar-refractivity contribution in [2.75, 3.05) is 19.7 Å². The van der Waals surface area contributed by atoms with Crippen LogP contribution in [0.1, 0.15) is 19.3 Å². The van der Waals surface area contributed by atoms with E-state index < -0.39 is 18.0 Å². The molecule has 18 heavy (non-hydrogen) atoms. The summed E-state index contributed by atoms with van der Waals surface area (Å²) in [7, 11) is 0. The van der Waals surface area contributed by atoms with Gasteiger partial charge in [-0.3, -0.25) is 0 Å². The largest absolute Gasteiger partial charge is 0.480 e. The molecule has 0 saturated heterocycles. The van der Waals surface area contributed by atoms with E-state index in [4.69, 9.17) is 16.6 Å². The van der Waals surface area contributed by atoms with E-state index in [0.717, 1.165) is 12.8 Å². The number of carbonyl (C=O) groups excluding carboxylic acids is 1. The molecule has 0 radical (unpaired) electrons. The number of nitrogens with zero attached hydrogens (tertiary/aromatic N) is 1. The van der Waals surface area contributed by atoms with E-state index in [1.54, 1.807) is 0 Å². The molecule has 0 aliphatic heterocycles. The van der Waals surface area contributed by atoms with Crippen LogP contribution in [-0.4, -0.2) is 52.9 Å². The molecule has 0 bridgehead atoms. The third kappa shape index (κ3) is 4.63. The van der Waals surface area contributed by atoms with Crippen LogP contribution in [0, 0.1) is 18.3 Å². The second kappa shape index (κ2) is 6.87. The van der Waals surface area contributed by atoms with Gasteiger partial charge in [-0.15, -0.1) is 6.42 Å². The SMILES string of the molecule is C#CCN(CC1CC1)C(=O)N[C@H](CCO)C(=O)O. The van der Waals surface area contributed by atoms with Crippen LogP contribution in [0.15, 0.2) is 0 Å². The van der Waals surface area contributed by atoms with E-state index >= 15 is 0 Å². The van der Waals surface area contributed by atoms with Crippen LogP contribution in [0.5, 0.6) is 0 Å². The van der Waals surface area contributed by atoms with Gasteiger partial charge in [-0.25, -0.2) is 9.59 Å². The minimum atomic E-state index is -1.16. The Morgan fingerprint density at radius 2 is 2.17 bits per heavy atom. The van der Waals surface area contributed by atoms with E-state index in [9.17, 15) is 9.59 Å². The predicted molar refractivity (Wildman–Crippen MR) is 64.8 cm³/mol. The lowest BCUT2D eigenvalue weighted by Crippen LogP contribution is -2.49. The molecule has 0 aromatic carbocycles. The third-order valence-corrected chi connectivity index (χ3v) is 2.76. The quantitative estimate of drug-likeness (QED) is 0.552. The van der Waals surface area contributed by atoms with Gasteiger partial charge in [-0.05, 0) is 18.8 Å². The van der Waals surface area contributed by atoms with Crippen LogP contribution in [0.4, 0.5) is 4.79 Å². The van der Waals surface area contributed by atoms with Crippen LogP contribution in [0.3, 0.4) is 0 Å². The highest BCUT2D eigenvalue weighted by molar-refractivity contribution is 5.82. The van der Waals surface area contributed by atoms with Crippen molar-refractivity contribution in [1.29, 1.82) is 0 Å². The summed E-state index contributed by atoms with van der Waals surface area (Å²) in [4.78, 5) is 24.2. The zero-order chi connectivity index (χ0) is 13.5. The molecule has 1 rings (SSSR count). The summed E-state index contributed by atoms with van der Waals surface area (Å²) in [5.41, 5.74) is 0. The number of terminal acetylenes is 1. The van der Waals surface area contributed by atoms with Gasteiger partial charge in [0.2, 0.25) is 0 Å². The first-order valence-corrected chi connectivity index (χ1v) is 5.91. The van der Waals surface area contributed by atoms with Gasteiger partial charge in [0, 0.05) is 19.6 Å². The lowest BCUT2D eigenvalue weighted by atomic mass is 10.2. The monoisotopic (exact) mass is 254 g/mol. The first-order chi connectivity index (χ1) is 8.58.